The molecule has 102 valence electrons. The molecule has 1 aliphatic rings. The summed E-state index contributed by atoms with van der Waals surface area (Å²) in [6.45, 7) is 0. The topological polar surface area (TPSA) is 26.0 Å². The maximum absolute atomic E-state index is 6.46. The van der Waals surface area contributed by atoms with Crippen molar-refractivity contribution in [2.75, 3.05) is 0 Å². The van der Waals surface area contributed by atoms with E-state index < -0.39 is 0 Å². The third-order valence-corrected chi connectivity index (χ3v) is 4.32. The van der Waals surface area contributed by atoms with E-state index in [1.165, 1.54) is 48.4 Å². The van der Waals surface area contributed by atoms with E-state index in [1.54, 1.807) is 0 Å². The molecule has 2 heteroatoms. The number of fused-ring (bicyclic) bond motifs is 1. The second-order valence-corrected chi connectivity index (χ2v) is 5.53. The second-order valence-electron chi connectivity index (χ2n) is 5.53. The van der Waals surface area contributed by atoms with Crippen molar-refractivity contribution in [2.45, 2.75) is 38.1 Å². The Morgan fingerprint density at radius 3 is 2.32 bits per heavy atom. The normalized spacial score (nSPS) is 17.9. The van der Waals surface area contributed by atoms with Gasteiger partial charge in [-0.15, -0.1) is 12.4 Å². The quantitative estimate of drug-likeness (QED) is 0.834. The van der Waals surface area contributed by atoms with E-state index >= 15 is 0 Å². The Morgan fingerprint density at radius 2 is 1.58 bits per heavy atom. The van der Waals surface area contributed by atoms with Gasteiger partial charge in [-0.05, 0) is 41.2 Å². The van der Waals surface area contributed by atoms with Crippen molar-refractivity contribution in [1.29, 1.82) is 0 Å². The molecule has 3 rings (SSSR count). The van der Waals surface area contributed by atoms with Crippen LogP contribution in [0.1, 0.15) is 43.7 Å². The number of nitrogens with two attached hydrogens (primary N) is 1. The van der Waals surface area contributed by atoms with Gasteiger partial charge in [0.25, 0.3) is 0 Å². The molecule has 1 aliphatic carbocycles. The minimum atomic E-state index is 0. The molecule has 0 saturated heterocycles. The smallest absolute Gasteiger partial charge is 0.0323 e. The van der Waals surface area contributed by atoms with Crippen LogP contribution in [-0.4, -0.2) is 0 Å². The lowest BCUT2D eigenvalue weighted by Crippen LogP contribution is -2.23. The van der Waals surface area contributed by atoms with E-state index in [0.717, 1.165) is 0 Å². The highest BCUT2D eigenvalue weighted by Crippen LogP contribution is 2.33. The van der Waals surface area contributed by atoms with Crippen molar-refractivity contribution in [2.24, 2.45) is 11.7 Å². The lowest BCUT2D eigenvalue weighted by Gasteiger charge is -2.28. The first kappa shape index (κ1) is 14.4. The van der Waals surface area contributed by atoms with E-state index in [2.05, 4.69) is 42.5 Å². The zero-order valence-corrected chi connectivity index (χ0v) is 12.0. The van der Waals surface area contributed by atoms with Crippen LogP contribution in [-0.2, 0) is 0 Å². The van der Waals surface area contributed by atoms with Gasteiger partial charge in [0, 0.05) is 6.04 Å². The molecule has 0 amide bonds. The Hall–Kier alpha value is -1.05. The molecular formula is C17H22ClN. The summed E-state index contributed by atoms with van der Waals surface area (Å²) in [5, 5.41) is 2.61. The van der Waals surface area contributed by atoms with Crippen LogP contribution in [0.25, 0.3) is 10.8 Å². The lowest BCUT2D eigenvalue weighted by atomic mass is 9.81. The van der Waals surface area contributed by atoms with Crippen LogP contribution in [0.5, 0.6) is 0 Å². The van der Waals surface area contributed by atoms with Crippen molar-refractivity contribution in [3.05, 3.63) is 48.0 Å². The summed E-state index contributed by atoms with van der Waals surface area (Å²) in [7, 11) is 0. The summed E-state index contributed by atoms with van der Waals surface area (Å²) in [6, 6.07) is 15.4. The molecule has 1 saturated carbocycles. The molecule has 0 aromatic heterocycles. The van der Waals surface area contributed by atoms with Crippen LogP contribution in [0, 0.1) is 5.92 Å². The Bertz CT molecular complexity index is 532. The molecule has 0 heterocycles. The molecule has 1 nitrogen and oxygen atoms in total. The van der Waals surface area contributed by atoms with Crippen LogP contribution in [0.4, 0.5) is 0 Å². The van der Waals surface area contributed by atoms with Gasteiger partial charge >= 0.3 is 0 Å². The average Bonchev–Trinajstić information content (AvgIpc) is 2.47. The molecule has 0 spiro atoms. The van der Waals surface area contributed by atoms with Crippen molar-refractivity contribution in [3.63, 3.8) is 0 Å². The van der Waals surface area contributed by atoms with Crippen molar-refractivity contribution in [3.8, 4) is 0 Å². The summed E-state index contributed by atoms with van der Waals surface area (Å²) in [5.41, 5.74) is 7.77. The molecule has 0 aliphatic heterocycles. The monoisotopic (exact) mass is 275 g/mol. The molecule has 0 radical (unpaired) electrons. The summed E-state index contributed by atoms with van der Waals surface area (Å²) in [5.74, 6) is 0.680. The fourth-order valence-electron chi connectivity index (χ4n) is 3.18. The predicted molar refractivity (Wildman–Crippen MR) is 84.7 cm³/mol. The largest absolute Gasteiger partial charge is 0.324 e. The summed E-state index contributed by atoms with van der Waals surface area (Å²) in [4.78, 5) is 0. The van der Waals surface area contributed by atoms with Gasteiger partial charge in [-0.3, -0.25) is 0 Å². The minimum absolute atomic E-state index is 0. The highest BCUT2D eigenvalue weighted by atomic mass is 35.5. The Kier molecular flexibility index (Phi) is 4.84. The Morgan fingerprint density at radius 1 is 0.895 bits per heavy atom. The Labute approximate surface area is 121 Å². The van der Waals surface area contributed by atoms with E-state index in [4.69, 9.17) is 5.73 Å². The summed E-state index contributed by atoms with van der Waals surface area (Å²) >= 11 is 0. The molecular weight excluding hydrogens is 254 g/mol. The van der Waals surface area contributed by atoms with E-state index in [9.17, 15) is 0 Å². The summed E-state index contributed by atoms with van der Waals surface area (Å²) in [6.07, 6.45) is 6.70. The van der Waals surface area contributed by atoms with Gasteiger partial charge in [-0.1, -0.05) is 55.7 Å². The molecule has 19 heavy (non-hydrogen) atoms. The van der Waals surface area contributed by atoms with Crippen molar-refractivity contribution >= 4 is 23.2 Å². The SMILES string of the molecule is Cl.N[C@@H](c1ccc2ccccc2c1)C1CCCCC1. The van der Waals surface area contributed by atoms with Crippen LogP contribution in [0.2, 0.25) is 0 Å². The van der Waals surface area contributed by atoms with Gasteiger partial charge in [0.15, 0.2) is 0 Å². The number of hydrogen-bond donors (Lipinski definition) is 1. The third-order valence-electron chi connectivity index (χ3n) is 4.32. The minimum Gasteiger partial charge on any atom is -0.324 e. The highest BCUT2D eigenvalue weighted by Gasteiger charge is 2.21. The Balaban J connectivity index is 0.00000133. The van der Waals surface area contributed by atoms with Crippen LogP contribution < -0.4 is 5.73 Å². The van der Waals surface area contributed by atoms with Gasteiger partial charge in [0.05, 0.1) is 0 Å². The molecule has 1 fully saturated rings. The number of benzene rings is 2. The zero-order valence-electron chi connectivity index (χ0n) is 11.2. The first-order valence-corrected chi connectivity index (χ1v) is 7.09. The lowest BCUT2D eigenvalue weighted by molar-refractivity contribution is 0.308. The molecule has 2 aromatic carbocycles. The predicted octanol–water partition coefficient (Wildman–Crippen LogP) is 4.84. The molecule has 0 bridgehead atoms. The third kappa shape index (κ3) is 3.10. The number of rotatable bonds is 2. The molecule has 0 unspecified atom stereocenters. The fraction of sp³-hybridized carbons (Fsp3) is 0.412. The maximum atomic E-state index is 6.46. The first-order chi connectivity index (χ1) is 8.84. The molecule has 2 N–H and O–H groups in total. The van der Waals surface area contributed by atoms with E-state index in [0.29, 0.717) is 5.92 Å². The summed E-state index contributed by atoms with van der Waals surface area (Å²) < 4.78 is 0. The van der Waals surface area contributed by atoms with Crippen LogP contribution in [0.15, 0.2) is 42.5 Å². The number of halogens is 1. The van der Waals surface area contributed by atoms with E-state index in [-0.39, 0.29) is 18.4 Å². The van der Waals surface area contributed by atoms with Gasteiger partial charge < -0.3 is 5.73 Å². The van der Waals surface area contributed by atoms with Crippen molar-refractivity contribution in [1.82, 2.24) is 0 Å². The van der Waals surface area contributed by atoms with Gasteiger partial charge in [0.1, 0.15) is 0 Å². The van der Waals surface area contributed by atoms with Crippen LogP contribution >= 0.6 is 12.4 Å². The van der Waals surface area contributed by atoms with Crippen molar-refractivity contribution < 1.29 is 0 Å². The highest BCUT2D eigenvalue weighted by molar-refractivity contribution is 5.85. The van der Waals surface area contributed by atoms with E-state index in [1.807, 2.05) is 0 Å². The fourth-order valence-corrected chi connectivity index (χ4v) is 3.18. The number of hydrogen-bond acceptors (Lipinski definition) is 1. The average molecular weight is 276 g/mol. The first-order valence-electron chi connectivity index (χ1n) is 7.09. The van der Waals surface area contributed by atoms with Gasteiger partial charge in [-0.2, -0.15) is 0 Å². The molecule has 1 atom stereocenters. The van der Waals surface area contributed by atoms with Crippen LogP contribution in [0.3, 0.4) is 0 Å². The molecule has 2 aromatic rings. The standard InChI is InChI=1S/C17H21N.ClH/c18-17(14-7-2-1-3-8-14)16-11-10-13-6-4-5-9-15(13)12-16;/h4-6,9-12,14,17H,1-3,7-8,18H2;1H/t17-;/m1./s1. The van der Waals surface area contributed by atoms with Gasteiger partial charge in [0.2, 0.25) is 0 Å². The second kappa shape index (κ2) is 6.40. The maximum Gasteiger partial charge on any atom is 0.0323 e. The van der Waals surface area contributed by atoms with Gasteiger partial charge in [-0.25, -0.2) is 0 Å². The zero-order chi connectivity index (χ0) is 12.4.